The number of carbonyl (C=O) groups is 2. The molecule has 2 amide bonds. The summed E-state index contributed by atoms with van der Waals surface area (Å²) >= 11 is 0. The van der Waals surface area contributed by atoms with Crippen LogP contribution in [0.2, 0.25) is 0 Å². The largest absolute Gasteiger partial charge is 0.481 e. The van der Waals surface area contributed by atoms with E-state index in [1.54, 1.807) is 4.90 Å². The van der Waals surface area contributed by atoms with Gasteiger partial charge in [0.25, 0.3) is 0 Å². The summed E-state index contributed by atoms with van der Waals surface area (Å²) in [6, 6.07) is -0.0248. The lowest BCUT2D eigenvalue weighted by atomic mass is 9.71. The van der Waals surface area contributed by atoms with E-state index >= 15 is 0 Å². The van der Waals surface area contributed by atoms with Crippen molar-refractivity contribution >= 4 is 12.0 Å². The molecule has 5 nitrogen and oxygen atoms in total. The second-order valence-electron chi connectivity index (χ2n) is 6.71. The molecule has 1 rings (SSSR count). The van der Waals surface area contributed by atoms with Crippen LogP contribution in [-0.2, 0) is 4.79 Å². The molecule has 0 unspecified atom stereocenters. The van der Waals surface area contributed by atoms with Crippen LogP contribution in [0.25, 0.3) is 0 Å². The van der Waals surface area contributed by atoms with Crippen molar-refractivity contribution in [2.75, 3.05) is 13.1 Å². The maximum absolute atomic E-state index is 12.3. The van der Waals surface area contributed by atoms with E-state index in [1.165, 1.54) is 0 Å². The highest BCUT2D eigenvalue weighted by Crippen LogP contribution is 2.38. The Labute approximate surface area is 128 Å². The van der Waals surface area contributed by atoms with Crippen LogP contribution in [0.3, 0.4) is 0 Å². The van der Waals surface area contributed by atoms with Gasteiger partial charge >= 0.3 is 12.0 Å². The molecule has 1 aliphatic carbocycles. The predicted octanol–water partition coefficient (Wildman–Crippen LogP) is 3.10. The van der Waals surface area contributed by atoms with Crippen molar-refractivity contribution in [1.29, 1.82) is 0 Å². The first kappa shape index (κ1) is 17.8. The third kappa shape index (κ3) is 4.61. The minimum absolute atomic E-state index is 0.122. The molecule has 0 heterocycles. The highest BCUT2D eigenvalue weighted by molar-refractivity contribution is 5.78. The SMILES string of the molecule is CCCN(C(=O)NCC1(C(=O)O)CCC(C)CC1)C(C)C. The molecule has 2 N–H and O–H groups in total. The van der Waals surface area contributed by atoms with E-state index in [0.29, 0.717) is 25.3 Å². The predicted molar refractivity (Wildman–Crippen MR) is 83.2 cm³/mol. The molecule has 0 atom stereocenters. The normalized spacial score (nSPS) is 25.7. The van der Waals surface area contributed by atoms with Crippen LogP contribution in [0.15, 0.2) is 0 Å². The number of amides is 2. The van der Waals surface area contributed by atoms with E-state index < -0.39 is 11.4 Å². The second kappa shape index (κ2) is 7.66. The lowest BCUT2D eigenvalue weighted by Crippen LogP contribution is -2.50. The van der Waals surface area contributed by atoms with Crippen molar-refractivity contribution in [1.82, 2.24) is 10.2 Å². The molecule has 0 aromatic rings. The summed E-state index contributed by atoms with van der Waals surface area (Å²) in [5, 5.41) is 12.4. The fraction of sp³-hybridized carbons (Fsp3) is 0.875. The van der Waals surface area contributed by atoms with Crippen molar-refractivity contribution in [2.24, 2.45) is 11.3 Å². The van der Waals surface area contributed by atoms with Crippen LogP contribution >= 0.6 is 0 Å². The Morgan fingerprint density at radius 1 is 1.33 bits per heavy atom. The van der Waals surface area contributed by atoms with Crippen molar-refractivity contribution in [3.63, 3.8) is 0 Å². The molecule has 0 bridgehead atoms. The van der Waals surface area contributed by atoms with Gasteiger partial charge in [0.1, 0.15) is 0 Å². The van der Waals surface area contributed by atoms with Gasteiger partial charge in [-0.05, 0) is 51.9 Å². The van der Waals surface area contributed by atoms with Crippen molar-refractivity contribution in [3.05, 3.63) is 0 Å². The first-order valence-electron chi connectivity index (χ1n) is 8.10. The van der Waals surface area contributed by atoms with Crippen LogP contribution in [0.4, 0.5) is 4.79 Å². The van der Waals surface area contributed by atoms with E-state index in [1.807, 2.05) is 20.8 Å². The summed E-state index contributed by atoms with van der Waals surface area (Å²) in [7, 11) is 0. The van der Waals surface area contributed by atoms with Crippen LogP contribution in [0, 0.1) is 11.3 Å². The summed E-state index contributed by atoms with van der Waals surface area (Å²) in [5.41, 5.74) is -0.781. The van der Waals surface area contributed by atoms with E-state index in [0.717, 1.165) is 19.3 Å². The van der Waals surface area contributed by atoms with Crippen LogP contribution in [0.5, 0.6) is 0 Å². The fourth-order valence-electron chi connectivity index (χ4n) is 2.96. The van der Waals surface area contributed by atoms with E-state index in [4.69, 9.17) is 0 Å². The molecule has 1 aliphatic rings. The Balaban J connectivity index is 2.65. The fourth-order valence-corrected chi connectivity index (χ4v) is 2.96. The molecule has 122 valence electrons. The lowest BCUT2D eigenvalue weighted by Gasteiger charge is -2.36. The Morgan fingerprint density at radius 2 is 1.90 bits per heavy atom. The number of nitrogens with zero attached hydrogens (tertiary/aromatic N) is 1. The molecule has 0 aliphatic heterocycles. The lowest BCUT2D eigenvalue weighted by molar-refractivity contribution is -0.151. The highest BCUT2D eigenvalue weighted by Gasteiger charge is 2.41. The zero-order chi connectivity index (χ0) is 16.0. The zero-order valence-electron chi connectivity index (χ0n) is 13.8. The third-order valence-corrected chi connectivity index (χ3v) is 4.61. The molecule has 1 saturated carbocycles. The molecule has 1 fully saturated rings. The Morgan fingerprint density at radius 3 is 2.33 bits per heavy atom. The minimum Gasteiger partial charge on any atom is -0.481 e. The number of carboxylic acid groups (broad SMARTS) is 1. The first-order valence-corrected chi connectivity index (χ1v) is 8.10. The monoisotopic (exact) mass is 298 g/mol. The average Bonchev–Trinajstić information content (AvgIpc) is 2.43. The maximum atomic E-state index is 12.3. The maximum Gasteiger partial charge on any atom is 0.317 e. The summed E-state index contributed by atoms with van der Waals surface area (Å²) in [6.07, 6.45) is 4.04. The topological polar surface area (TPSA) is 69.6 Å². The van der Waals surface area contributed by atoms with E-state index in [2.05, 4.69) is 12.2 Å². The summed E-state index contributed by atoms with van der Waals surface area (Å²) in [5.74, 6) is -0.193. The van der Waals surface area contributed by atoms with Crippen molar-refractivity contribution in [2.45, 2.75) is 65.8 Å². The van der Waals surface area contributed by atoms with Crippen molar-refractivity contribution in [3.8, 4) is 0 Å². The number of carbonyl (C=O) groups excluding carboxylic acids is 1. The van der Waals surface area contributed by atoms with Gasteiger partial charge in [-0.2, -0.15) is 0 Å². The zero-order valence-corrected chi connectivity index (χ0v) is 13.8. The molecule has 0 spiro atoms. The van der Waals surface area contributed by atoms with Gasteiger partial charge in [0.15, 0.2) is 0 Å². The minimum atomic E-state index is -0.781. The number of urea groups is 1. The van der Waals surface area contributed by atoms with Gasteiger partial charge < -0.3 is 15.3 Å². The van der Waals surface area contributed by atoms with Gasteiger partial charge in [-0.25, -0.2) is 4.79 Å². The Hall–Kier alpha value is -1.26. The molecule has 0 saturated heterocycles. The van der Waals surface area contributed by atoms with E-state index in [9.17, 15) is 14.7 Å². The molecule has 0 radical (unpaired) electrons. The van der Waals surface area contributed by atoms with E-state index in [-0.39, 0.29) is 18.6 Å². The standard InChI is InChI=1S/C16H30N2O3/c1-5-10-18(12(2)3)15(21)17-11-16(14(19)20)8-6-13(4)7-9-16/h12-13H,5-11H2,1-4H3,(H,17,21)(H,19,20). The number of aliphatic carboxylic acids is 1. The van der Waals surface area contributed by atoms with Crippen LogP contribution in [-0.4, -0.2) is 41.1 Å². The smallest absolute Gasteiger partial charge is 0.317 e. The van der Waals surface area contributed by atoms with Gasteiger partial charge in [0, 0.05) is 19.1 Å². The number of carboxylic acids is 1. The number of nitrogens with one attached hydrogen (secondary N) is 1. The molecule has 0 aromatic carbocycles. The average molecular weight is 298 g/mol. The summed E-state index contributed by atoms with van der Waals surface area (Å²) in [4.78, 5) is 25.7. The third-order valence-electron chi connectivity index (χ3n) is 4.61. The molecule has 21 heavy (non-hydrogen) atoms. The number of hydrogen-bond acceptors (Lipinski definition) is 2. The van der Waals surface area contributed by atoms with Crippen LogP contribution < -0.4 is 5.32 Å². The van der Waals surface area contributed by atoms with Gasteiger partial charge in [0.05, 0.1) is 5.41 Å². The number of rotatable bonds is 6. The highest BCUT2D eigenvalue weighted by atomic mass is 16.4. The number of hydrogen-bond donors (Lipinski definition) is 2. The van der Waals surface area contributed by atoms with Gasteiger partial charge in [-0.1, -0.05) is 13.8 Å². The van der Waals surface area contributed by atoms with Crippen LogP contribution in [0.1, 0.15) is 59.8 Å². The van der Waals surface area contributed by atoms with Gasteiger partial charge in [-0.3, -0.25) is 4.79 Å². The van der Waals surface area contributed by atoms with Gasteiger partial charge in [0.2, 0.25) is 0 Å². The first-order chi connectivity index (χ1) is 9.82. The molecule has 0 aromatic heterocycles. The Bertz CT molecular complexity index is 361. The summed E-state index contributed by atoms with van der Waals surface area (Å²) in [6.45, 7) is 9.08. The molecular formula is C16H30N2O3. The Kier molecular flexibility index (Phi) is 6.49. The summed E-state index contributed by atoms with van der Waals surface area (Å²) < 4.78 is 0. The molecular weight excluding hydrogens is 268 g/mol. The van der Waals surface area contributed by atoms with Crippen molar-refractivity contribution < 1.29 is 14.7 Å². The second-order valence-corrected chi connectivity index (χ2v) is 6.71. The molecule has 5 heteroatoms. The van der Waals surface area contributed by atoms with Gasteiger partial charge in [-0.15, -0.1) is 0 Å². The quantitative estimate of drug-likeness (QED) is 0.791.